The van der Waals surface area contributed by atoms with E-state index in [1.807, 2.05) is 14.0 Å². The van der Waals surface area contributed by atoms with Gasteiger partial charge in [-0.2, -0.15) is 0 Å². The van der Waals surface area contributed by atoms with Crippen molar-refractivity contribution in [1.82, 2.24) is 10.3 Å². The van der Waals surface area contributed by atoms with Crippen LogP contribution in [-0.4, -0.2) is 31.9 Å². The Hall–Kier alpha value is -0.490. The van der Waals surface area contributed by atoms with Crippen LogP contribution in [0.15, 0.2) is 0 Å². The van der Waals surface area contributed by atoms with Crippen LogP contribution in [0, 0.1) is 6.92 Å². The Morgan fingerprint density at radius 1 is 1.53 bits per heavy atom. The highest BCUT2D eigenvalue weighted by Crippen LogP contribution is 2.27. The van der Waals surface area contributed by atoms with Crippen molar-refractivity contribution in [3.05, 3.63) is 15.6 Å². The second kappa shape index (κ2) is 5.03. The van der Waals surface area contributed by atoms with Gasteiger partial charge in [0, 0.05) is 11.4 Å². The van der Waals surface area contributed by atoms with E-state index in [-0.39, 0.29) is 6.10 Å². The number of hydrogen-bond acceptors (Lipinski definition) is 5. The molecule has 2 rings (SSSR count). The molecule has 0 amide bonds. The van der Waals surface area contributed by atoms with Crippen molar-refractivity contribution in [2.75, 3.05) is 26.9 Å². The van der Waals surface area contributed by atoms with Crippen molar-refractivity contribution >= 4 is 11.3 Å². The Balaban J connectivity index is 2.10. The van der Waals surface area contributed by atoms with E-state index in [0.29, 0.717) is 19.8 Å². The lowest BCUT2D eigenvalue weighted by Gasteiger charge is -2.20. The third-order valence-corrected chi connectivity index (χ3v) is 3.59. The number of aromatic nitrogens is 1. The molecule has 1 saturated heterocycles. The van der Waals surface area contributed by atoms with Crippen LogP contribution < -0.4 is 5.32 Å². The van der Waals surface area contributed by atoms with Crippen molar-refractivity contribution in [2.24, 2.45) is 0 Å². The summed E-state index contributed by atoms with van der Waals surface area (Å²) in [5.74, 6) is 0. The molecular formula is C10H16N2O2S. The quantitative estimate of drug-likeness (QED) is 0.846. The topological polar surface area (TPSA) is 43.4 Å². The van der Waals surface area contributed by atoms with Gasteiger partial charge < -0.3 is 14.8 Å². The van der Waals surface area contributed by atoms with Gasteiger partial charge in [0.1, 0.15) is 11.1 Å². The van der Waals surface area contributed by atoms with E-state index in [4.69, 9.17) is 9.47 Å². The number of ether oxygens (including phenoxy) is 2. The molecule has 1 N–H and O–H groups in total. The molecule has 4 nitrogen and oxygen atoms in total. The normalized spacial score (nSPS) is 21.9. The predicted molar refractivity (Wildman–Crippen MR) is 59.1 cm³/mol. The summed E-state index contributed by atoms with van der Waals surface area (Å²) in [4.78, 5) is 5.81. The highest BCUT2D eigenvalue weighted by molar-refractivity contribution is 7.11. The molecule has 0 saturated carbocycles. The maximum absolute atomic E-state index is 5.61. The largest absolute Gasteiger partial charge is 0.376 e. The first-order valence-electron chi connectivity index (χ1n) is 5.11. The third kappa shape index (κ3) is 2.55. The van der Waals surface area contributed by atoms with Gasteiger partial charge in [0.05, 0.1) is 25.5 Å². The molecule has 1 unspecified atom stereocenters. The van der Waals surface area contributed by atoms with Gasteiger partial charge in [0.2, 0.25) is 0 Å². The van der Waals surface area contributed by atoms with Crippen LogP contribution in [0.2, 0.25) is 0 Å². The zero-order valence-corrected chi connectivity index (χ0v) is 9.89. The van der Waals surface area contributed by atoms with E-state index in [1.54, 1.807) is 11.3 Å². The number of rotatable bonds is 3. The molecule has 0 aromatic carbocycles. The third-order valence-electron chi connectivity index (χ3n) is 2.34. The first-order chi connectivity index (χ1) is 7.31. The SMILES string of the molecule is CNCc1sc(C2COCCO2)nc1C. The van der Waals surface area contributed by atoms with Crippen LogP contribution in [0.1, 0.15) is 21.7 Å². The summed E-state index contributed by atoms with van der Waals surface area (Å²) in [5.41, 5.74) is 1.10. The number of aryl methyl sites for hydroxylation is 1. The van der Waals surface area contributed by atoms with Crippen LogP contribution in [0.5, 0.6) is 0 Å². The van der Waals surface area contributed by atoms with Gasteiger partial charge in [0.25, 0.3) is 0 Å². The van der Waals surface area contributed by atoms with Gasteiger partial charge in [-0.15, -0.1) is 11.3 Å². The summed E-state index contributed by atoms with van der Waals surface area (Å²) in [6, 6.07) is 0. The fourth-order valence-corrected chi connectivity index (χ4v) is 2.66. The first kappa shape index (κ1) is 11.0. The van der Waals surface area contributed by atoms with E-state index in [2.05, 4.69) is 10.3 Å². The molecule has 0 spiro atoms. The van der Waals surface area contributed by atoms with E-state index in [1.165, 1.54) is 4.88 Å². The van der Waals surface area contributed by atoms with Crippen LogP contribution in [-0.2, 0) is 16.0 Å². The minimum absolute atomic E-state index is 0.0352. The maximum Gasteiger partial charge on any atom is 0.132 e. The van der Waals surface area contributed by atoms with Gasteiger partial charge >= 0.3 is 0 Å². The summed E-state index contributed by atoms with van der Waals surface area (Å²) >= 11 is 1.71. The Bertz CT molecular complexity index is 321. The molecule has 1 atom stereocenters. The molecule has 5 heteroatoms. The average molecular weight is 228 g/mol. The van der Waals surface area contributed by atoms with Gasteiger partial charge in [-0.25, -0.2) is 4.98 Å². The molecule has 1 aromatic rings. The lowest BCUT2D eigenvalue weighted by molar-refractivity contribution is -0.0902. The smallest absolute Gasteiger partial charge is 0.132 e. The highest BCUT2D eigenvalue weighted by atomic mass is 32.1. The highest BCUT2D eigenvalue weighted by Gasteiger charge is 2.21. The van der Waals surface area contributed by atoms with Crippen LogP contribution in [0.25, 0.3) is 0 Å². The molecule has 2 heterocycles. The van der Waals surface area contributed by atoms with Gasteiger partial charge in [-0.3, -0.25) is 0 Å². The molecule has 0 bridgehead atoms. The molecule has 1 fully saturated rings. The average Bonchev–Trinajstić information content (AvgIpc) is 2.63. The van der Waals surface area contributed by atoms with Crippen molar-refractivity contribution in [3.8, 4) is 0 Å². The Morgan fingerprint density at radius 3 is 3.07 bits per heavy atom. The minimum atomic E-state index is 0.0352. The summed E-state index contributed by atoms with van der Waals surface area (Å²) < 4.78 is 11.0. The van der Waals surface area contributed by atoms with Crippen molar-refractivity contribution < 1.29 is 9.47 Å². The number of hydrogen-bond donors (Lipinski definition) is 1. The second-order valence-corrected chi connectivity index (χ2v) is 4.64. The van der Waals surface area contributed by atoms with E-state index < -0.39 is 0 Å². The molecule has 15 heavy (non-hydrogen) atoms. The van der Waals surface area contributed by atoms with Crippen molar-refractivity contribution in [3.63, 3.8) is 0 Å². The van der Waals surface area contributed by atoms with Gasteiger partial charge in [-0.1, -0.05) is 0 Å². The number of nitrogens with one attached hydrogen (secondary N) is 1. The summed E-state index contributed by atoms with van der Waals surface area (Å²) in [6.45, 7) is 4.91. The lowest BCUT2D eigenvalue weighted by Crippen LogP contribution is -2.21. The first-order valence-corrected chi connectivity index (χ1v) is 5.93. The Morgan fingerprint density at radius 2 is 2.40 bits per heavy atom. The zero-order valence-electron chi connectivity index (χ0n) is 9.08. The van der Waals surface area contributed by atoms with Crippen LogP contribution in [0.4, 0.5) is 0 Å². The predicted octanol–water partition coefficient (Wildman–Crippen LogP) is 1.26. The maximum atomic E-state index is 5.61. The summed E-state index contributed by atoms with van der Waals surface area (Å²) in [6.07, 6.45) is 0.0352. The molecule has 1 aromatic heterocycles. The molecule has 1 aliphatic heterocycles. The minimum Gasteiger partial charge on any atom is -0.376 e. The second-order valence-electron chi connectivity index (χ2n) is 3.53. The lowest BCUT2D eigenvalue weighted by atomic mass is 10.3. The molecule has 1 aliphatic rings. The summed E-state index contributed by atoms with van der Waals surface area (Å²) in [5, 5.41) is 4.18. The monoisotopic (exact) mass is 228 g/mol. The summed E-state index contributed by atoms with van der Waals surface area (Å²) in [7, 11) is 1.94. The van der Waals surface area contributed by atoms with E-state index in [0.717, 1.165) is 17.2 Å². The zero-order chi connectivity index (χ0) is 10.7. The molecule has 0 aliphatic carbocycles. The molecule has 84 valence electrons. The van der Waals surface area contributed by atoms with Crippen molar-refractivity contribution in [1.29, 1.82) is 0 Å². The van der Waals surface area contributed by atoms with E-state index in [9.17, 15) is 0 Å². The standard InChI is InChI=1S/C10H16N2O2S/c1-7-9(5-11-2)15-10(12-7)8-6-13-3-4-14-8/h8,11H,3-6H2,1-2H3. The Labute approximate surface area is 93.6 Å². The Kier molecular flexibility index (Phi) is 3.69. The van der Waals surface area contributed by atoms with Crippen LogP contribution >= 0.6 is 11.3 Å². The number of nitrogens with zero attached hydrogens (tertiary/aromatic N) is 1. The van der Waals surface area contributed by atoms with Gasteiger partial charge in [-0.05, 0) is 14.0 Å². The molecular weight excluding hydrogens is 212 g/mol. The van der Waals surface area contributed by atoms with Gasteiger partial charge in [0.15, 0.2) is 0 Å². The fourth-order valence-electron chi connectivity index (χ4n) is 1.54. The fraction of sp³-hybridized carbons (Fsp3) is 0.700. The van der Waals surface area contributed by atoms with E-state index >= 15 is 0 Å². The van der Waals surface area contributed by atoms with Crippen molar-refractivity contribution in [2.45, 2.75) is 19.6 Å². The number of thiazole rings is 1. The molecule has 0 radical (unpaired) electrons. The van der Waals surface area contributed by atoms with Crippen LogP contribution in [0.3, 0.4) is 0 Å².